The lowest BCUT2D eigenvalue weighted by molar-refractivity contribution is 0.384. The summed E-state index contributed by atoms with van der Waals surface area (Å²) in [5.74, 6) is 0.387. The number of hydrogen-bond acceptors (Lipinski definition) is 4. The van der Waals surface area contributed by atoms with Gasteiger partial charge in [0.05, 0.1) is 11.6 Å². The van der Waals surface area contributed by atoms with Crippen molar-refractivity contribution in [3.8, 4) is 23.1 Å². The molecule has 4 heteroatoms. The van der Waals surface area contributed by atoms with Crippen LogP contribution in [0, 0.1) is 18.3 Å². The maximum atomic E-state index is 9.62. The molecule has 0 atom stereocenters. The number of aromatic nitrogens is 1. The maximum absolute atomic E-state index is 9.62. The van der Waals surface area contributed by atoms with Gasteiger partial charge in [0.15, 0.2) is 17.2 Å². The zero-order chi connectivity index (χ0) is 10.8. The third-order valence-corrected chi connectivity index (χ3v) is 2.10. The second kappa shape index (κ2) is 3.46. The lowest BCUT2D eigenvalue weighted by atomic mass is 10.1. The van der Waals surface area contributed by atoms with Gasteiger partial charge >= 0.3 is 0 Å². The minimum absolute atomic E-state index is 0.0186. The monoisotopic (exact) mass is 200 g/mol. The SMILES string of the molecule is Cc1onc(-c2cccc(C#N)c2)c1O. The third kappa shape index (κ3) is 1.55. The number of aromatic hydroxyl groups is 1. The van der Waals surface area contributed by atoms with Crippen molar-refractivity contribution in [1.82, 2.24) is 5.16 Å². The largest absolute Gasteiger partial charge is 0.503 e. The summed E-state index contributed by atoms with van der Waals surface area (Å²) in [6, 6.07) is 8.86. The normalized spacial score (nSPS) is 9.87. The molecule has 1 N–H and O–H groups in total. The van der Waals surface area contributed by atoms with E-state index >= 15 is 0 Å². The fraction of sp³-hybridized carbons (Fsp3) is 0.0909. The van der Waals surface area contributed by atoms with Crippen molar-refractivity contribution in [2.24, 2.45) is 0 Å². The molecular weight excluding hydrogens is 192 g/mol. The van der Waals surface area contributed by atoms with Crippen LogP contribution in [0.1, 0.15) is 11.3 Å². The van der Waals surface area contributed by atoms with E-state index in [1.807, 2.05) is 6.07 Å². The van der Waals surface area contributed by atoms with E-state index in [9.17, 15) is 5.11 Å². The maximum Gasteiger partial charge on any atom is 0.186 e. The molecule has 0 saturated heterocycles. The number of nitrogens with zero attached hydrogens (tertiary/aromatic N) is 2. The first-order valence-corrected chi connectivity index (χ1v) is 4.38. The Kier molecular flexibility index (Phi) is 2.14. The number of aryl methyl sites for hydroxylation is 1. The van der Waals surface area contributed by atoms with E-state index in [0.29, 0.717) is 22.6 Å². The summed E-state index contributed by atoms with van der Waals surface area (Å²) in [6.07, 6.45) is 0. The molecule has 0 aliphatic rings. The molecule has 4 nitrogen and oxygen atoms in total. The van der Waals surface area contributed by atoms with Crippen LogP contribution in [0.15, 0.2) is 28.8 Å². The zero-order valence-electron chi connectivity index (χ0n) is 8.06. The number of rotatable bonds is 1. The lowest BCUT2D eigenvalue weighted by Gasteiger charge is -1.96. The zero-order valence-corrected chi connectivity index (χ0v) is 8.06. The van der Waals surface area contributed by atoms with E-state index in [1.165, 1.54) is 0 Å². The molecule has 0 unspecified atom stereocenters. The average molecular weight is 200 g/mol. The highest BCUT2D eigenvalue weighted by Gasteiger charge is 2.13. The molecule has 0 spiro atoms. The molecule has 0 bridgehead atoms. The van der Waals surface area contributed by atoms with Crippen LogP contribution < -0.4 is 0 Å². The smallest absolute Gasteiger partial charge is 0.186 e. The van der Waals surface area contributed by atoms with Gasteiger partial charge in [0, 0.05) is 12.5 Å². The average Bonchev–Trinajstić information content (AvgIpc) is 2.60. The van der Waals surface area contributed by atoms with Gasteiger partial charge in [0.2, 0.25) is 0 Å². The van der Waals surface area contributed by atoms with Crippen LogP contribution in [0.25, 0.3) is 11.3 Å². The summed E-state index contributed by atoms with van der Waals surface area (Å²) >= 11 is 0. The second-order valence-corrected chi connectivity index (χ2v) is 3.13. The topological polar surface area (TPSA) is 70.0 Å². The molecule has 0 aliphatic heterocycles. The molecule has 0 aliphatic carbocycles. The first kappa shape index (κ1) is 9.28. The van der Waals surface area contributed by atoms with Crippen molar-refractivity contribution in [3.63, 3.8) is 0 Å². The van der Waals surface area contributed by atoms with Crippen molar-refractivity contribution in [2.45, 2.75) is 6.92 Å². The Hall–Kier alpha value is -2.28. The summed E-state index contributed by atoms with van der Waals surface area (Å²) in [4.78, 5) is 0. The van der Waals surface area contributed by atoms with Gasteiger partial charge in [0.25, 0.3) is 0 Å². The summed E-state index contributed by atoms with van der Waals surface area (Å²) in [6.45, 7) is 1.62. The number of benzene rings is 1. The van der Waals surface area contributed by atoms with Crippen LogP contribution in [-0.2, 0) is 0 Å². The highest BCUT2D eigenvalue weighted by atomic mass is 16.5. The van der Waals surface area contributed by atoms with E-state index in [1.54, 1.807) is 31.2 Å². The standard InChI is InChI=1S/C11H8N2O2/c1-7-11(14)10(13-15-7)9-4-2-3-8(5-9)6-12/h2-5,14H,1H3. The van der Waals surface area contributed by atoms with Gasteiger partial charge in [0.1, 0.15) is 0 Å². The van der Waals surface area contributed by atoms with Gasteiger partial charge in [-0.3, -0.25) is 0 Å². The van der Waals surface area contributed by atoms with E-state index in [2.05, 4.69) is 5.16 Å². The van der Waals surface area contributed by atoms with Crippen molar-refractivity contribution in [2.75, 3.05) is 0 Å². The van der Waals surface area contributed by atoms with E-state index in [-0.39, 0.29) is 5.75 Å². The molecule has 1 heterocycles. The van der Waals surface area contributed by atoms with Gasteiger partial charge in [-0.05, 0) is 12.1 Å². The molecule has 1 aromatic carbocycles. The Balaban J connectivity index is 2.55. The Morgan fingerprint density at radius 1 is 1.47 bits per heavy atom. The minimum Gasteiger partial charge on any atom is -0.503 e. The quantitative estimate of drug-likeness (QED) is 0.766. The molecule has 2 rings (SSSR count). The van der Waals surface area contributed by atoms with Crippen molar-refractivity contribution >= 4 is 0 Å². The Bertz CT molecular complexity index is 538. The molecular formula is C11H8N2O2. The molecule has 74 valence electrons. The fourth-order valence-electron chi connectivity index (χ4n) is 1.29. The number of nitriles is 1. The van der Waals surface area contributed by atoms with Gasteiger partial charge < -0.3 is 9.63 Å². The molecule has 0 fully saturated rings. The van der Waals surface area contributed by atoms with E-state index in [4.69, 9.17) is 9.78 Å². The summed E-state index contributed by atoms with van der Waals surface area (Å²) < 4.78 is 4.84. The van der Waals surface area contributed by atoms with Crippen LogP contribution in [0.3, 0.4) is 0 Å². The Labute approximate surface area is 86.4 Å². The van der Waals surface area contributed by atoms with E-state index in [0.717, 1.165) is 0 Å². The van der Waals surface area contributed by atoms with Crippen LogP contribution in [0.2, 0.25) is 0 Å². The second-order valence-electron chi connectivity index (χ2n) is 3.13. The summed E-state index contributed by atoms with van der Waals surface area (Å²) in [7, 11) is 0. The predicted octanol–water partition coefficient (Wildman–Crippen LogP) is 2.23. The predicted molar refractivity (Wildman–Crippen MR) is 53.1 cm³/mol. The molecule has 0 amide bonds. The minimum atomic E-state index is 0.0186. The number of hydrogen-bond donors (Lipinski definition) is 1. The molecule has 15 heavy (non-hydrogen) atoms. The first-order valence-electron chi connectivity index (χ1n) is 4.38. The van der Waals surface area contributed by atoms with Crippen LogP contribution in [0.4, 0.5) is 0 Å². The van der Waals surface area contributed by atoms with Crippen molar-refractivity contribution < 1.29 is 9.63 Å². The van der Waals surface area contributed by atoms with Gasteiger partial charge in [-0.25, -0.2) is 0 Å². The third-order valence-electron chi connectivity index (χ3n) is 2.10. The van der Waals surface area contributed by atoms with E-state index < -0.39 is 0 Å². The van der Waals surface area contributed by atoms with Gasteiger partial charge in [-0.1, -0.05) is 17.3 Å². The Morgan fingerprint density at radius 2 is 2.27 bits per heavy atom. The highest BCUT2D eigenvalue weighted by Crippen LogP contribution is 2.30. The van der Waals surface area contributed by atoms with Crippen molar-refractivity contribution in [1.29, 1.82) is 5.26 Å². The molecule has 0 saturated carbocycles. The van der Waals surface area contributed by atoms with Crippen LogP contribution >= 0.6 is 0 Å². The summed E-state index contributed by atoms with van der Waals surface area (Å²) in [5.41, 5.74) is 1.56. The van der Waals surface area contributed by atoms with Gasteiger partial charge in [-0.15, -0.1) is 0 Å². The lowest BCUT2D eigenvalue weighted by Crippen LogP contribution is -1.80. The van der Waals surface area contributed by atoms with Crippen LogP contribution in [-0.4, -0.2) is 10.3 Å². The summed E-state index contributed by atoms with van der Waals surface area (Å²) in [5, 5.41) is 22.1. The van der Waals surface area contributed by atoms with Crippen LogP contribution in [0.5, 0.6) is 5.75 Å². The fourth-order valence-corrected chi connectivity index (χ4v) is 1.29. The Morgan fingerprint density at radius 3 is 2.87 bits per heavy atom. The van der Waals surface area contributed by atoms with Gasteiger partial charge in [-0.2, -0.15) is 5.26 Å². The van der Waals surface area contributed by atoms with Crippen molar-refractivity contribution in [3.05, 3.63) is 35.6 Å². The first-order chi connectivity index (χ1) is 7.22. The molecule has 0 radical (unpaired) electrons. The highest BCUT2D eigenvalue weighted by molar-refractivity contribution is 5.67. The molecule has 2 aromatic rings. The molecule has 1 aromatic heterocycles.